The quantitative estimate of drug-likeness (QED) is 0.135. The molecular weight excluding hydrogens is 358 g/mol. The minimum atomic E-state index is -0.963. The molecule has 2 heterocycles. The van der Waals surface area contributed by atoms with E-state index in [1.54, 1.807) is 0 Å². The van der Waals surface area contributed by atoms with E-state index < -0.39 is 12.0 Å². The van der Waals surface area contributed by atoms with Gasteiger partial charge in [-0.3, -0.25) is 16.5 Å². The number of unbranched alkanes of at least 4 members (excludes halogenated alkanes) is 2. The summed E-state index contributed by atoms with van der Waals surface area (Å²) in [6.45, 7) is 1.99. The SMILES string of the molecule is CCCCC(NC(=O)CCCC[C@@H]1SC[C@@H]2NC(=O)N[C@@H]21)C(=O)O.NN. The Morgan fingerprint density at radius 2 is 2.04 bits per heavy atom. The molecule has 0 aromatic rings. The number of carbonyl (C=O) groups excluding carboxylic acids is 2. The Balaban J connectivity index is 0.00000163. The van der Waals surface area contributed by atoms with Crippen LogP contribution in [0.1, 0.15) is 51.9 Å². The predicted octanol–water partition coefficient (Wildman–Crippen LogP) is 0.291. The summed E-state index contributed by atoms with van der Waals surface area (Å²) in [5, 5.41) is 18.0. The molecule has 2 aliphatic heterocycles. The number of carbonyl (C=O) groups is 3. The van der Waals surface area contributed by atoms with Gasteiger partial charge in [-0.25, -0.2) is 9.59 Å². The lowest BCUT2D eigenvalue weighted by Gasteiger charge is -2.17. The van der Waals surface area contributed by atoms with E-state index in [1.165, 1.54) is 0 Å². The van der Waals surface area contributed by atoms with Gasteiger partial charge in [0.1, 0.15) is 6.04 Å². The summed E-state index contributed by atoms with van der Waals surface area (Å²) >= 11 is 1.86. The molecule has 10 heteroatoms. The van der Waals surface area contributed by atoms with Gasteiger partial charge in [0, 0.05) is 17.4 Å². The number of hydrogen-bond donors (Lipinski definition) is 6. The molecule has 2 rings (SSSR count). The summed E-state index contributed by atoms with van der Waals surface area (Å²) in [5.41, 5.74) is 0. The zero-order valence-corrected chi connectivity index (χ0v) is 16.0. The highest BCUT2D eigenvalue weighted by atomic mass is 32.2. The summed E-state index contributed by atoms with van der Waals surface area (Å²) in [5.74, 6) is 7.78. The highest BCUT2D eigenvalue weighted by Gasteiger charge is 2.42. The van der Waals surface area contributed by atoms with E-state index >= 15 is 0 Å². The number of carboxylic acids is 1. The van der Waals surface area contributed by atoms with Gasteiger partial charge in [-0.15, -0.1) is 0 Å². The van der Waals surface area contributed by atoms with Crippen LogP contribution in [0.15, 0.2) is 0 Å². The molecule has 150 valence electrons. The molecule has 2 fully saturated rings. The van der Waals surface area contributed by atoms with Gasteiger partial charge >= 0.3 is 12.0 Å². The molecule has 1 unspecified atom stereocenters. The van der Waals surface area contributed by atoms with Gasteiger partial charge in [-0.2, -0.15) is 11.8 Å². The number of aliphatic carboxylic acids is 1. The maximum Gasteiger partial charge on any atom is 0.326 e. The first-order valence-electron chi connectivity index (χ1n) is 9.05. The number of rotatable bonds is 10. The second-order valence-electron chi connectivity index (χ2n) is 6.47. The zero-order valence-electron chi connectivity index (χ0n) is 15.2. The number of nitrogens with one attached hydrogen (secondary N) is 3. The molecule has 0 aliphatic carbocycles. The van der Waals surface area contributed by atoms with Gasteiger partial charge in [0.25, 0.3) is 0 Å². The van der Waals surface area contributed by atoms with Crippen molar-refractivity contribution in [1.82, 2.24) is 16.0 Å². The molecule has 0 bridgehead atoms. The van der Waals surface area contributed by atoms with Crippen LogP contribution in [0.3, 0.4) is 0 Å². The average Bonchev–Trinajstić information content (AvgIpc) is 3.16. The van der Waals surface area contributed by atoms with E-state index in [9.17, 15) is 14.4 Å². The number of thioether (sulfide) groups is 1. The van der Waals surface area contributed by atoms with Crippen molar-refractivity contribution in [3.63, 3.8) is 0 Å². The maximum absolute atomic E-state index is 11.9. The van der Waals surface area contributed by atoms with Crippen LogP contribution in [0.25, 0.3) is 0 Å². The van der Waals surface area contributed by atoms with Crippen molar-refractivity contribution in [2.24, 2.45) is 11.7 Å². The molecule has 0 aromatic heterocycles. The molecule has 4 atom stereocenters. The predicted molar refractivity (Wildman–Crippen MR) is 101 cm³/mol. The Hall–Kier alpha value is -1.52. The van der Waals surface area contributed by atoms with Crippen molar-refractivity contribution in [2.75, 3.05) is 5.75 Å². The van der Waals surface area contributed by atoms with Crippen LogP contribution < -0.4 is 27.6 Å². The number of amides is 3. The summed E-state index contributed by atoms with van der Waals surface area (Å²) in [6.07, 6.45) is 5.13. The molecule has 0 saturated carbocycles. The Labute approximate surface area is 158 Å². The number of fused-ring (bicyclic) bond motifs is 1. The lowest BCUT2D eigenvalue weighted by Crippen LogP contribution is -2.40. The van der Waals surface area contributed by atoms with E-state index in [-0.39, 0.29) is 24.0 Å². The van der Waals surface area contributed by atoms with Gasteiger partial charge < -0.3 is 21.1 Å². The smallest absolute Gasteiger partial charge is 0.326 e. The molecular formula is C16H31N5O4S. The van der Waals surface area contributed by atoms with E-state index in [0.717, 1.165) is 37.9 Å². The molecule has 0 radical (unpaired) electrons. The molecule has 9 nitrogen and oxygen atoms in total. The second kappa shape index (κ2) is 12.0. The molecule has 8 N–H and O–H groups in total. The lowest BCUT2D eigenvalue weighted by molar-refractivity contribution is -0.142. The van der Waals surface area contributed by atoms with Gasteiger partial charge in [-0.1, -0.05) is 26.2 Å². The number of hydrazine groups is 1. The van der Waals surface area contributed by atoms with Gasteiger partial charge in [-0.05, 0) is 19.3 Å². The van der Waals surface area contributed by atoms with Crippen LogP contribution in [0.2, 0.25) is 0 Å². The van der Waals surface area contributed by atoms with Crippen LogP contribution >= 0.6 is 11.8 Å². The molecule has 3 amide bonds. The van der Waals surface area contributed by atoms with Crippen molar-refractivity contribution in [1.29, 1.82) is 0 Å². The average molecular weight is 390 g/mol. The van der Waals surface area contributed by atoms with Crippen LogP contribution in [0.5, 0.6) is 0 Å². The maximum atomic E-state index is 11.9. The van der Waals surface area contributed by atoms with Crippen molar-refractivity contribution in [3.05, 3.63) is 0 Å². The number of hydrogen-bond acceptors (Lipinski definition) is 6. The Morgan fingerprint density at radius 3 is 2.69 bits per heavy atom. The lowest BCUT2D eigenvalue weighted by atomic mass is 10.0. The highest BCUT2D eigenvalue weighted by Crippen LogP contribution is 2.33. The van der Waals surface area contributed by atoms with E-state index in [2.05, 4.69) is 27.6 Å². The van der Waals surface area contributed by atoms with Crippen molar-refractivity contribution in [3.8, 4) is 0 Å². The molecule has 0 spiro atoms. The standard InChI is InChI=1S/C16H27N3O4S.H4N2/c1-2-3-6-10(15(21)22)17-13(20)8-5-4-7-12-14-11(9-24-12)18-16(23)19-14;1-2/h10-12,14H,2-9H2,1H3,(H,17,20)(H,21,22)(H2,18,19,23);1-2H2/t10?,11-,12-,14-;/m0./s1. The molecule has 0 aromatic carbocycles. The Bertz CT molecular complexity index is 480. The normalized spacial score (nSPS) is 24.6. The van der Waals surface area contributed by atoms with E-state index in [4.69, 9.17) is 5.11 Å². The first kappa shape index (κ1) is 22.5. The first-order chi connectivity index (χ1) is 12.5. The summed E-state index contributed by atoms with van der Waals surface area (Å²) < 4.78 is 0. The monoisotopic (exact) mass is 389 g/mol. The Kier molecular flexibility index (Phi) is 10.4. The molecule has 26 heavy (non-hydrogen) atoms. The van der Waals surface area contributed by atoms with Crippen molar-refractivity contribution < 1.29 is 19.5 Å². The van der Waals surface area contributed by atoms with Gasteiger partial charge in [0.2, 0.25) is 5.91 Å². The third-order valence-corrected chi connectivity index (χ3v) is 6.07. The van der Waals surface area contributed by atoms with Crippen LogP contribution in [0, 0.1) is 0 Å². The zero-order chi connectivity index (χ0) is 19.5. The topological polar surface area (TPSA) is 160 Å². The summed E-state index contributed by atoms with van der Waals surface area (Å²) in [7, 11) is 0. The molecule has 2 aliphatic rings. The van der Waals surface area contributed by atoms with Crippen molar-refractivity contribution >= 4 is 29.7 Å². The minimum absolute atomic E-state index is 0.0820. The largest absolute Gasteiger partial charge is 0.480 e. The van der Waals surface area contributed by atoms with Crippen molar-refractivity contribution in [2.45, 2.75) is 75.2 Å². The van der Waals surface area contributed by atoms with Crippen LogP contribution in [-0.2, 0) is 9.59 Å². The summed E-state index contributed by atoms with van der Waals surface area (Å²) in [4.78, 5) is 34.3. The Morgan fingerprint density at radius 1 is 1.31 bits per heavy atom. The minimum Gasteiger partial charge on any atom is -0.480 e. The highest BCUT2D eigenvalue weighted by molar-refractivity contribution is 8.00. The fourth-order valence-corrected chi connectivity index (χ4v) is 4.75. The van der Waals surface area contributed by atoms with E-state index in [1.807, 2.05) is 18.7 Å². The first-order valence-corrected chi connectivity index (χ1v) is 10.1. The number of urea groups is 1. The summed E-state index contributed by atoms with van der Waals surface area (Å²) in [6, 6.07) is -0.433. The van der Waals surface area contributed by atoms with Gasteiger partial charge in [0.15, 0.2) is 0 Å². The van der Waals surface area contributed by atoms with Crippen LogP contribution in [0.4, 0.5) is 4.79 Å². The number of carboxylic acid groups (broad SMARTS) is 1. The fourth-order valence-electron chi connectivity index (χ4n) is 3.21. The van der Waals surface area contributed by atoms with Gasteiger partial charge in [0.05, 0.1) is 12.1 Å². The van der Waals surface area contributed by atoms with Crippen LogP contribution in [-0.4, -0.2) is 52.1 Å². The third kappa shape index (κ3) is 7.00. The molecule has 2 saturated heterocycles. The third-order valence-electron chi connectivity index (χ3n) is 4.56. The van der Waals surface area contributed by atoms with E-state index in [0.29, 0.717) is 18.1 Å². The fraction of sp³-hybridized carbons (Fsp3) is 0.812. The second-order valence-corrected chi connectivity index (χ2v) is 7.74. The number of nitrogens with two attached hydrogens (primary N) is 2.